The van der Waals surface area contributed by atoms with Gasteiger partial charge in [0.2, 0.25) is 53.7 Å². The molecule has 470 valence electrons. The molecule has 0 bridgehead atoms. The van der Waals surface area contributed by atoms with Gasteiger partial charge in [-0.3, -0.25) is 38.4 Å². The standard InChI is InChI=1S/C55H74N10O18S3/c56-84(74,75)44-18-12-41(13-19-44)52(71)62-30-5-27-59-47(66)24-33-80-37-55(65-50(69)10-4-11-51(70)83-36-40-8-2-1-3-9-40,38-81-34-25-48(67)60-28-6-31-63-53(72)42-14-20-45(21-15-42)85(57,76)77)39-82-35-26-49(68)61-29-7-32-64-54(73)43-16-22-46(23-17-43)86(58,78)79/h1-3,8-9,12-23H,4-7,10-11,24-39H2,(H,59,66)(H,60,67)(H,61,68)(H,62,71)(H,63,72)(H,64,73)(H,65,69)(H2,56,74,75)(H2,57,76,77)(H2,58,78,79). The first-order valence-electron chi connectivity index (χ1n) is 27.1. The lowest BCUT2D eigenvalue weighted by atomic mass is 10.0. The molecule has 0 aliphatic heterocycles. The van der Waals surface area contributed by atoms with E-state index < -0.39 is 82.9 Å². The van der Waals surface area contributed by atoms with Crippen LogP contribution in [0, 0.1) is 0 Å². The first-order chi connectivity index (χ1) is 40.8. The molecule has 0 saturated heterocycles. The molecule has 0 unspecified atom stereocenters. The maximum absolute atomic E-state index is 13.7. The molecule has 0 saturated carbocycles. The Balaban J connectivity index is 1.33. The Morgan fingerprint density at radius 2 is 0.709 bits per heavy atom. The zero-order valence-corrected chi connectivity index (χ0v) is 49.6. The number of ether oxygens (including phenoxy) is 4. The fourth-order valence-corrected chi connectivity index (χ4v) is 9.15. The van der Waals surface area contributed by atoms with E-state index in [4.69, 9.17) is 34.4 Å². The van der Waals surface area contributed by atoms with Crippen LogP contribution in [-0.4, -0.2) is 157 Å². The number of nitrogens with one attached hydrogen (secondary N) is 7. The number of hydrogen-bond donors (Lipinski definition) is 10. The number of rotatable bonds is 40. The summed E-state index contributed by atoms with van der Waals surface area (Å²) in [5, 5.41) is 34.4. The van der Waals surface area contributed by atoms with Crippen molar-refractivity contribution in [2.45, 2.75) is 84.6 Å². The third-order valence-corrected chi connectivity index (χ3v) is 15.0. The molecule has 0 aliphatic carbocycles. The second kappa shape index (κ2) is 36.3. The molecule has 0 heterocycles. The number of nitrogens with two attached hydrogens (primary N) is 3. The van der Waals surface area contributed by atoms with Crippen molar-refractivity contribution in [1.29, 1.82) is 0 Å². The third-order valence-electron chi connectivity index (χ3n) is 12.2. The molecule has 0 atom stereocenters. The molecule has 4 aromatic rings. The molecular weight excluding hydrogens is 1180 g/mol. The quantitative estimate of drug-likeness (QED) is 0.0202. The molecule has 86 heavy (non-hydrogen) atoms. The van der Waals surface area contributed by atoms with Crippen molar-refractivity contribution in [3.63, 3.8) is 0 Å². The van der Waals surface area contributed by atoms with Gasteiger partial charge < -0.3 is 56.2 Å². The zero-order chi connectivity index (χ0) is 63.0. The van der Waals surface area contributed by atoms with Gasteiger partial charge in [-0.25, -0.2) is 40.7 Å². The van der Waals surface area contributed by atoms with Gasteiger partial charge in [-0.2, -0.15) is 0 Å². The first-order valence-corrected chi connectivity index (χ1v) is 31.7. The lowest BCUT2D eigenvalue weighted by molar-refractivity contribution is -0.145. The SMILES string of the molecule is NS(=O)(=O)c1ccc(C(=O)NCCCNC(=O)CCOCC(COCCC(=O)NCCCNC(=O)c2ccc(S(N)(=O)=O)cc2)(COCCC(=O)NCCCNC(=O)c2ccc(S(N)(=O)=O)cc2)NC(=O)CCCC(=O)OCc2ccccc2)cc1. The predicted molar refractivity (Wildman–Crippen MR) is 311 cm³/mol. The molecule has 0 aliphatic rings. The molecule has 13 N–H and O–H groups in total. The van der Waals surface area contributed by atoms with Crippen LogP contribution in [0.2, 0.25) is 0 Å². The van der Waals surface area contributed by atoms with E-state index in [9.17, 15) is 63.6 Å². The van der Waals surface area contributed by atoms with E-state index in [1.165, 1.54) is 72.8 Å². The smallest absolute Gasteiger partial charge is 0.306 e. The fourth-order valence-electron chi connectivity index (χ4n) is 7.61. The van der Waals surface area contributed by atoms with Crippen LogP contribution in [0.4, 0.5) is 0 Å². The zero-order valence-electron chi connectivity index (χ0n) is 47.2. The van der Waals surface area contributed by atoms with Gasteiger partial charge in [0.25, 0.3) is 17.7 Å². The normalized spacial score (nSPS) is 11.6. The highest BCUT2D eigenvalue weighted by molar-refractivity contribution is 7.89. The van der Waals surface area contributed by atoms with Crippen molar-refractivity contribution in [3.05, 3.63) is 125 Å². The summed E-state index contributed by atoms with van der Waals surface area (Å²) in [6.45, 7) is -0.347. The Kier molecular flexibility index (Phi) is 29.8. The van der Waals surface area contributed by atoms with Gasteiger partial charge in [-0.05, 0) is 104 Å². The number of carbonyl (C=O) groups excluding carboxylic acids is 8. The molecule has 28 nitrogen and oxygen atoms in total. The summed E-state index contributed by atoms with van der Waals surface area (Å²) >= 11 is 0. The molecule has 0 aromatic heterocycles. The van der Waals surface area contributed by atoms with E-state index in [0.29, 0.717) is 19.3 Å². The van der Waals surface area contributed by atoms with Crippen molar-refractivity contribution in [3.8, 4) is 0 Å². The Morgan fingerprint density at radius 1 is 0.384 bits per heavy atom. The number of primary sulfonamides is 3. The minimum atomic E-state index is -3.94. The van der Waals surface area contributed by atoms with Crippen LogP contribution < -0.4 is 52.6 Å². The van der Waals surface area contributed by atoms with Crippen LogP contribution in [0.1, 0.15) is 94.4 Å². The van der Waals surface area contributed by atoms with Gasteiger partial charge in [0, 0.05) is 88.1 Å². The summed E-state index contributed by atoms with van der Waals surface area (Å²) < 4.78 is 92.5. The highest BCUT2D eigenvalue weighted by Gasteiger charge is 2.34. The summed E-state index contributed by atoms with van der Waals surface area (Å²) in [6, 6.07) is 24.2. The molecule has 31 heteroatoms. The number of amides is 7. The number of sulfonamides is 3. The summed E-state index contributed by atoms with van der Waals surface area (Å²) in [7, 11) is -11.8. The summed E-state index contributed by atoms with van der Waals surface area (Å²) in [5.74, 6) is -3.71. The highest BCUT2D eigenvalue weighted by atomic mass is 32.2. The third kappa shape index (κ3) is 28.0. The van der Waals surface area contributed by atoms with E-state index in [2.05, 4.69) is 37.2 Å². The lowest BCUT2D eigenvalue weighted by Gasteiger charge is -2.34. The van der Waals surface area contributed by atoms with Crippen LogP contribution in [0.5, 0.6) is 0 Å². The maximum Gasteiger partial charge on any atom is 0.306 e. The fraction of sp³-hybridized carbons (Fsp3) is 0.418. The van der Waals surface area contributed by atoms with Crippen LogP contribution >= 0.6 is 0 Å². The Morgan fingerprint density at radius 3 is 1.03 bits per heavy atom. The number of benzene rings is 4. The molecule has 4 rings (SSSR count). The minimum Gasteiger partial charge on any atom is -0.461 e. The van der Waals surface area contributed by atoms with Gasteiger partial charge >= 0.3 is 5.97 Å². The van der Waals surface area contributed by atoms with Gasteiger partial charge in [0.15, 0.2) is 0 Å². The summed E-state index contributed by atoms with van der Waals surface area (Å²) in [6.07, 6.45) is 0.424. The van der Waals surface area contributed by atoms with E-state index in [1.54, 1.807) is 24.3 Å². The van der Waals surface area contributed by atoms with E-state index in [0.717, 1.165) is 5.56 Å². The van der Waals surface area contributed by atoms with Crippen LogP contribution in [-0.2, 0) is 79.6 Å². The average molecular weight is 1260 g/mol. The molecule has 0 radical (unpaired) electrons. The molecule has 0 spiro atoms. The lowest BCUT2D eigenvalue weighted by Crippen LogP contribution is -2.58. The van der Waals surface area contributed by atoms with Crippen molar-refractivity contribution >= 4 is 77.4 Å². The van der Waals surface area contributed by atoms with Crippen molar-refractivity contribution in [1.82, 2.24) is 37.2 Å². The van der Waals surface area contributed by atoms with Crippen LogP contribution in [0.25, 0.3) is 0 Å². The molecule has 0 fully saturated rings. The minimum absolute atomic E-state index is 0.0438. The summed E-state index contributed by atoms with van der Waals surface area (Å²) in [4.78, 5) is 102. The van der Waals surface area contributed by atoms with Gasteiger partial charge in [-0.1, -0.05) is 30.3 Å². The molecular formula is C55H74N10O18S3. The Labute approximate surface area is 499 Å². The molecule has 7 amide bonds. The van der Waals surface area contributed by atoms with E-state index in [1.807, 2.05) is 6.07 Å². The predicted octanol–water partition coefficient (Wildman–Crippen LogP) is -0.274. The van der Waals surface area contributed by atoms with Crippen molar-refractivity contribution in [2.24, 2.45) is 15.4 Å². The van der Waals surface area contributed by atoms with Gasteiger partial charge in [0.05, 0.1) is 54.3 Å². The van der Waals surface area contributed by atoms with E-state index in [-0.39, 0.29) is 155 Å². The van der Waals surface area contributed by atoms with Gasteiger partial charge in [0.1, 0.15) is 12.1 Å². The maximum atomic E-state index is 13.7. The Bertz CT molecular complexity index is 2950. The highest BCUT2D eigenvalue weighted by Crippen LogP contribution is 2.15. The van der Waals surface area contributed by atoms with Crippen molar-refractivity contribution in [2.75, 3.05) is 78.9 Å². The number of esters is 1. The Hall–Kier alpha value is -7.75. The first kappa shape index (κ1) is 70.7. The second-order valence-corrected chi connectivity index (χ2v) is 24.0. The average Bonchev–Trinajstić information content (AvgIpc) is 3.60. The van der Waals surface area contributed by atoms with Crippen LogP contribution in [0.3, 0.4) is 0 Å². The molecule has 4 aromatic carbocycles. The monoisotopic (exact) mass is 1260 g/mol. The number of hydrogen-bond acceptors (Lipinski definition) is 18. The largest absolute Gasteiger partial charge is 0.461 e. The summed E-state index contributed by atoms with van der Waals surface area (Å²) in [5.41, 5.74) is -0.116. The van der Waals surface area contributed by atoms with Crippen molar-refractivity contribution < 1.29 is 82.6 Å². The van der Waals surface area contributed by atoms with E-state index >= 15 is 0 Å². The number of carbonyl (C=O) groups is 8. The van der Waals surface area contributed by atoms with Crippen LogP contribution in [0.15, 0.2) is 118 Å². The topological polar surface area (TPSA) is 438 Å². The second-order valence-electron chi connectivity index (χ2n) is 19.3. The van der Waals surface area contributed by atoms with Gasteiger partial charge in [-0.15, -0.1) is 0 Å².